The predicted octanol–water partition coefficient (Wildman–Crippen LogP) is 3.18. The third-order valence-corrected chi connectivity index (χ3v) is 4.12. The molecule has 0 radical (unpaired) electrons. The summed E-state index contributed by atoms with van der Waals surface area (Å²) in [6.45, 7) is 2.25. The molecule has 1 saturated carbocycles. The fraction of sp³-hybridized carbons (Fsp3) is 0.600. The number of rotatable bonds is 3. The van der Waals surface area contributed by atoms with Gasteiger partial charge in [-0.2, -0.15) is 0 Å². The van der Waals surface area contributed by atoms with Crippen LogP contribution in [0.2, 0.25) is 5.82 Å². The van der Waals surface area contributed by atoms with Crippen LogP contribution in [0.15, 0.2) is 18.2 Å². The number of hydrogen-bond acceptors (Lipinski definition) is 2. The van der Waals surface area contributed by atoms with E-state index in [1.54, 1.807) is 12.1 Å². The first-order chi connectivity index (χ1) is 9.08. The first-order valence-electron chi connectivity index (χ1n) is 7.30. The Morgan fingerprint density at radius 3 is 2.84 bits per heavy atom. The van der Waals surface area contributed by atoms with Crippen molar-refractivity contribution < 1.29 is 9.13 Å². The third kappa shape index (κ3) is 3.89. The first kappa shape index (κ1) is 14.2. The second-order valence-electron chi connectivity index (χ2n) is 5.86. The molecule has 2 nitrogen and oxygen atoms in total. The molecule has 19 heavy (non-hydrogen) atoms. The van der Waals surface area contributed by atoms with Gasteiger partial charge in [0.25, 0.3) is 0 Å². The van der Waals surface area contributed by atoms with E-state index in [2.05, 4.69) is 14.8 Å². The van der Waals surface area contributed by atoms with Gasteiger partial charge in [0.05, 0.1) is 6.10 Å². The van der Waals surface area contributed by atoms with Crippen LogP contribution >= 0.6 is 0 Å². The summed E-state index contributed by atoms with van der Waals surface area (Å²) in [5.41, 5.74) is 5.98. The topological polar surface area (TPSA) is 35.2 Å². The molecular formula is C15H23BFNO. The Morgan fingerprint density at radius 2 is 2.16 bits per heavy atom. The maximum Gasteiger partial charge on any atom is 0.167 e. The molecule has 0 saturated heterocycles. The number of nitrogens with two attached hydrogens (primary N) is 1. The van der Waals surface area contributed by atoms with E-state index in [9.17, 15) is 4.39 Å². The molecule has 2 rings (SSSR count). The van der Waals surface area contributed by atoms with E-state index in [4.69, 9.17) is 10.5 Å². The summed E-state index contributed by atoms with van der Waals surface area (Å²) in [6.07, 6.45) is 5.84. The van der Waals surface area contributed by atoms with Gasteiger partial charge in [-0.3, -0.25) is 0 Å². The van der Waals surface area contributed by atoms with Gasteiger partial charge in [0.15, 0.2) is 11.6 Å². The average Bonchev–Trinajstić information content (AvgIpc) is 2.54. The second kappa shape index (κ2) is 6.31. The van der Waals surface area contributed by atoms with Crippen LogP contribution in [0.4, 0.5) is 10.1 Å². The van der Waals surface area contributed by atoms with E-state index in [0.29, 0.717) is 17.3 Å². The van der Waals surface area contributed by atoms with E-state index in [1.165, 1.54) is 25.3 Å². The molecule has 0 bridgehead atoms. The van der Waals surface area contributed by atoms with Crippen LogP contribution in [0.1, 0.15) is 39.0 Å². The van der Waals surface area contributed by atoms with E-state index >= 15 is 0 Å². The Kier molecular flexibility index (Phi) is 4.73. The monoisotopic (exact) mass is 263 g/mol. The van der Waals surface area contributed by atoms with Crippen molar-refractivity contribution >= 4 is 13.5 Å². The van der Waals surface area contributed by atoms with Crippen molar-refractivity contribution in [1.29, 1.82) is 0 Å². The van der Waals surface area contributed by atoms with E-state index in [1.807, 2.05) is 0 Å². The van der Waals surface area contributed by atoms with Crippen molar-refractivity contribution in [3.05, 3.63) is 24.0 Å². The van der Waals surface area contributed by atoms with Crippen LogP contribution in [-0.4, -0.2) is 14.0 Å². The van der Waals surface area contributed by atoms with E-state index < -0.39 is 0 Å². The van der Waals surface area contributed by atoms with E-state index in [0.717, 1.165) is 18.8 Å². The molecule has 104 valence electrons. The molecule has 3 atom stereocenters. The zero-order chi connectivity index (χ0) is 13.8. The molecule has 1 aromatic rings. The van der Waals surface area contributed by atoms with Gasteiger partial charge in [-0.1, -0.05) is 25.6 Å². The Morgan fingerprint density at radius 1 is 1.37 bits per heavy atom. The van der Waals surface area contributed by atoms with Gasteiger partial charge in [0.1, 0.15) is 7.85 Å². The zero-order valence-corrected chi connectivity index (χ0v) is 11.9. The van der Waals surface area contributed by atoms with Gasteiger partial charge in [-0.25, -0.2) is 4.39 Å². The quantitative estimate of drug-likeness (QED) is 0.516. The summed E-state index contributed by atoms with van der Waals surface area (Å²) in [5.74, 6) is 1.42. The van der Waals surface area contributed by atoms with Crippen LogP contribution in [0.5, 0.6) is 5.75 Å². The molecule has 1 aliphatic carbocycles. The lowest BCUT2D eigenvalue weighted by atomic mass is 9.78. The maximum atomic E-state index is 13.7. The Bertz CT molecular complexity index is 427. The van der Waals surface area contributed by atoms with Crippen molar-refractivity contribution in [1.82, 2.24) is 0 Å². The third-order valence-electron chi connectivity index (χ3n) is 4.12. The summed E-state index contributed by atoms with van der Waals surface area (Å²) >= 11 is 0. The molecule has 0 spiro atoms. The molecule has 1 fully saturated rings. The van der Waals surface area contributed by atoms with Gasteiger partial charge in [0, 0.05) is 11.8 Å². The second-order valence-corrected chi connectivity index (χ2v) is 5.86. The minimum atomic E-state index is -0.357. The van der Waals surface area contributed by atoms with Crippen LogP contribution in [0, 0.1) is 11.7 Å². The SMILES string of the molecule is BC1CC(CC)CCC(Oc2ccc(N)cc2F)C1. The highest BCUT2D eigenvalue weighted by Crippen LogP contribution is 2.34. The zero-order valence-electron chi connectivity index (χ0n) is 11.9. The predicted molar refractivity (Wildman–Crippen MR) is 79.8 cm³/mol. The van der Waals surface area contributed by atoms with Gasteiger partial charge in [-0.05, 0) is 37.3 Å². The summed E-state index contributed by atoms with van der Waals surface area (Å²) < 4.78 is 19.6. The van der Waals surface area contributed by atoms with Gasteiger partial charge >= 0.3 is 0 Å². The molecule has 0 heterocycles. The van der Waals surface area contributed by atoms with Gasteiger partial charge < -0.3 is 10.5 Å². The fourth-order valence-electron chi connectivity index (χ4n) is 3.04. The van der Waals surface area contributed by atoms with E-state index in [-0.39, 0.29) is 11.9 Å². The summed E-state index contributed by atoms with van der Waals surface area (Å²) in [7, 11) is 2.27. The minimum absolute atomic E-state index is 0.129. The summed E-state index contributed by atoms with van der Waals surface area (Å²) in [4.78, 5) is 0. The highest BCUT2D eigenvalue weighted by molar-refractivity contribution is 6.11. The molecule has 0 aliphatic heterocycles. The van der Waals surface area contributed by atoms with Crippen molar-refractivity contribution in [2.75, 3.05) is 5.73 Å². The standard InChI is InChI=1S/C15H23BFNO/c1-2-10-3-5-13(8-11(16)7-10)19-15-6-4-12(18)9-14(15)17/h4,6,9-11,13H,2-3,5,7-8,16,18H2,1H3. The normalized spacial score (nSPS) is 27.8. The van der Waals surface area contributed by atoms with Crippen LogP contribution in [-0.2, 0) is 0 Å². The van der Waals surface area contributed by atoms with Crippen molar-refractivity contribution in [2.24, 2.45) is 5.92 Å². The lowest BCUT2D eigenvalue weighted by Gasteiger charge is -2.19. The lowest BCUT2D eigenvalue weighted by Crippen LogP contribution is -2.17. The molecule has 2 N–H and O–H groups in total. The molecule has 4 heteroatoms. The van der Waals surface area contributed by atoms with Crippen LogP contribution < -0.4 is 10.5 Å². The highest BCUT2D eigenvalue weighted by Gasteiger charge is 2.24. The molecule has 3 unspecified atom stereocenters. The number of nitrogen functional groups attached to an aromatic ring is 1. The largest absolute Gasteiger partial charge is 0.487 e. The number of hydrogen-bond donors (Lipinski definition) is 1. The Labute approximate surface area is 115 Å². The van der Waals surface area contributed by atoms with Crippen molar-refractivity contribution in [3.8, 4) is 5.75 Å². The molecular weight excluding hydrogens is 240 g/mol. The maximum absolute atomic E-state index is 13.7. The Balaban J connectivity index is 2.02. The number of anilines is 1. The molecule has 0 amide bonds. The fourth-order valence-corrected chi connectivity index (χ4v) is 3.04. The van der Waals surface area contributed by atoms with Crippen LogP contribution in [0.3, 0.4) is 0 Å². The Hall–Kier alpha value is -1.19. The highest BCUT2D eigenvalue weighted by atomic mass is 19.1. The van der Waals surface area contributed by atoms with Crippen molar-refractivity contribution in [3.63, 3.8) is 0 Å². The van der Waals surface area contributed by atoms with Crippen molar-refractivity contribution in [2.45, 2.75) is 50.9 Å². The summed E-state index contributed by atoms with van der Waals surface area (Å²) in [6, 6.07) is 4.65. The molecule has 1 aromatic carbocycles. The number of benzene rings is 1. The first-order valence-corrected chi connectivity index (χ1v) is 7.30. The summed E-state index contributed by atoms with van der Waals surface area (Å²) in [5, 5.41) is 0. The molecule has 1 aliphatic rings. The smallest absolute Gasteiger partial charge is 0.167 e. The van der Waals surface area contributed by atoms with Crippen LogP contribution in [0.25, 0.3) is 0 Å². The molecule has 0 aromatic heterocycles. The minimum Gasteiger partial charge on any atom is -0.487 e. The van der Waals surface area contributed by atoms with Gasteiger partial charge in [0.2, 0.25) is 0 Å². The van der Waals surface area contributed by atoms with Gasteiger partial charge in [-0.15, -0.1) is 0 Å². The number of ether oxygens (including phenoxy) is 1. The lowest BCUT2D eigenvalue weighted by molar-refractivity contribution is 0.174. The number of halogens is 1. The average molecular weight is 263 g/mol.